The predicted octanol–water partition coefficient (Wildman–Crippen LogP) is 3.71. The van der Waals surface area contributed by atoms with Gasteiger partial charge in [-0.05, 0) is 62.2 Å². The average molecular weight is 388 g/mol. The first-order valence-corrected chi connectivity index (χ1v) is 9.07. The fourth-order valence-corrected chi connectivity index (χ4v) is 3.21. The van der Waals surface area contributed by atoms with Gasteiger partial charge in [-0.25, -0.2) is 0 Å². The van der Waals surface area contributed by atoms with Crippen molar-refractivity contribution in [3.8, 4) is 0 Å². The maximum absolute atomic E-state index is 12.7. The first kappa shape index (κ1) is 20.9. The van der Waals surface area contributed by atoms with Gasteiger partial charge in [-0.3, -0.25) is 9.59 Å². The lowest BCUT2D eigenvalue weighted by atomic mass is 10.0. The third-order valence-electron chi connectivity index (χ3n) is 4.78. The molecule has 1 unspecified atom stereocenters. The molecule has 1 aliphatic heterocycles. The fraction of sp³-hybridized carbons (Fsp3) is 0.333. The van der Waals surface area contributed by atoms with E-state index in [0.717, 1.165) is 31.6 Å². The van der Waals surface area contributed by atoms with Crippen molar-refractivity contribution < 1.29 is 9.59 Å². The van der Waals surface area contributed by atoms with Gasteiger partial charge < -0.3 is 15.5 Å². The molecule has 0 aromatic heterocycles. The van der Waals surface area contributed by atoms with Crippen LogP contribution in [-0.2, 0) is 4.79 Å². The topological polar surface area (TPSA) is 61.4 Å². The van der Waals surface area contributed by atoms with Crippen LogP contribution in [0.5, 0.6) is 0 Å². The highest BCUT2D eigenvalue weighted by molar-refractivity contribution is 6.06. The van der Waals surface area contributed by atoms with Crippen molar-refractivity contribution in [1.82, 2.24) is 5.32 Å². The minimum Gasteiger partial charge on any atom is -0.326 e. The number of rotatable bonds is 6. The van der Waals surface area contributed by atoms with Gasteiger partial charge in [0.15, 0.2) is 0 Å². The van der Waals surface area contributed by atoms with Crippen LogP contribution in [0.4, 0.5) is 11.4 Å². The summed E-state index contributed by atoms with van der Waals surface area (Å²) in [5.41, 5.74) is 2.04. The first-order chi connectivity index (χ1) is 12.6. The lowest BCUT2D eigenvalue weighted by Crippen LogP contribution is -2.26. The normalized spacial score (nSPS) is 15.7. The largest absolute Gasteiger partial charge is 0.326 e. The molecule has 1 fully saturated rings. The summed E-state index contributed by atoms with van der Waals surface area (Å²) in [4.78, 5) is 26.5. The Balaban J connectivity index is 0.00000261. The quantitative estimate of drug-likeness (QED) is 0.794. The van der Waals surface area contributed by atoms with Gasteiger partial charge >= 0.3 is 0 Å². The number of benzene rings is 2. The summed E-state index contributed by atoms with van der Waals surface area (Å²) >= 11 is 0. The first-order valence-electron chi connectivity index (χ1n) is 9.07. The number of nitrogens with one attached hydrogen (secondary N) is 2. The van der Waals surface area contributed by atoms with Crippen LogP contribution in [0.3, 0.4) is 0 Å². The molecule has 2 N–H and O–H groups in total. The molecule has 2 aromatic rings. The van der Waals surface area contributed by atoms with Gasteiger partial charge in [0, 0.05) is 30.4 Å². The molecular formula is C21H26ClN3O2. The lowest BCUT2D eigenvalue weighted by Gasteiger charge is -2.17. The van der Waals surface area contributed by atoms with E-state index in [-0.39, 0.29) is 24.2 Å². The number of nitrogens with zero attached hydrogens (tertiary/aromatic N) is 1. The maximum atomic E-state index is 12.7. The molecule has 0 aliphatic carbocycles. The number of amides is 2. The molecule has 0 radical (unpaired) electrons. The summed E-state index contributed by atoms with van der Waals surface area (Å²) in [6, 6.07) is 16.6. The highest BCUT2D eigenvalue weighted by Crippen LogP contribution is 2.19. The molecule has 144 valence electrons. The highest BCUT2D eigenvalue weighted by atomic mass is 35.5. The molecule has 1 saturated heterocycles. The fourth-order valence-electron chi connectivity index (χ4n) is 3.21. The number of hydrogen-bond acceptors (Lipinski definition) is 3. The summed E-state index contributed by atoms with van der Waals surface area (Å²) in [6.07, 6.45) is 2.55. The summed E-state index contributed by atoms with van der Waals surface area (Å²) in [6.45, 7) is 2.05. The van der Waals surface area contributed by atoms with E-state index >= 15 is 0 Å². The van der Waals surface area contributed by atoms with E-state index in [1.807, 2.05) is 36.4 Å². The Hall–Kier alpha value is -2.37. The Bertz CT molecular complexity index is 761. The third-order valence-corrected chi connectivity index (χ3v) is 4.78. The van der Waals surface area contributed by atoms with Crippen LogP contribution >= 0.6 is 12.4 Å². The molecule has 0 spiro atoms. The SMILES string of the molecule is CN(C(=O)c1cccc(NC(=O)CCC2CCNC2)c1)c1ccccc1.Cl. The number of anilines is 2. The lowest BCUT2D eigenvalue weighted by molar-refractivity contribution is -0.116. The van der Waals surface area contributed by atoms with Crippen molar-refractivity contribution in [3.05, 3.63) is 60.2 Å². The molecule has 1 atom stereocenters. The van der Waals surface area contributed by atoms with E-state index in [1.165, 1.54) is 0 Å². The Morgan fingerprint density at radius 3 is 2.63 bits per heavy atom. The van der Waals surface area contributed by atoms with Crippen molar-refractivity contribution in [1.29, 1.82) is 0 Å². The number of hydrogen-bond donors (Lipinski definition) is 2. The summed E-state index contributed by atoms with van der Waals surface area (Å²) in [5, 5.41) is 6.23. The van der Waals surface area contributed by atoms with E-state index < -0.39 is 0 Å². The zero-order valence-electron chi connectivity index (χ0n) is 15.5. The van der Waals surface area contributed by atoms with Crippen LogP contribution in [0, 0.1) is 5.92 Å². The zero-order valence-corrected chi connectivity index (χ0v) is 16.3. The minimum absolute atomic E-state index is 0. The highest BCUT2D eigenvalue weighted by Gasteiger charge is 2.17. The van der Waals surface area contributed by atoms with Crippen molar-refractivity contribution in [3.63, 3.8) is 0 Å². The third kappa shape index (κ3) is 5.81. The van der Waals surface area contributed by atoms with Gasteiger partial charge in [0.2, 0.25) is 5.91 Å². The van der Waals surface area contributed by atoms with E-state index in [2.05, 4.69) is 10.6 Å². The van der Waals surface area contributed by atoms with Crippen molar-refractivity contribution in [2.75, 3.05) is 30.4 Å². The molecule has 1 heterocycles. The Morgan fingerprint density at radius 2 is 1.93 bits per heavy atom. The molecule has 2 amide bonds. The van der Waals surface area contributed by atoms with E-state index in [0.29, 0.717) is 23.6 Å². The predicted molar refractivity (Wildman–Crippen MR) is 112 cm³/mol. The molecular weight excluding hydrogens is 362 g/mol. The Labute approximate surface area is 166 Å². The molecule has 1 aliphatic rings. The van der Waals surface area contributed by atoms with Gasteiger partial charge in [0.1, 0.15) is 0 Å². The standard InChI is InChI=1S/C21H25N3O2.ClH/c1-24(19-8-3-2-4-9-19)21(26)17-6-5-7-18(14-17)23-20(25)11-10-16-12-13-22-15-16;/h2-9,14,16,22H,10-13,15H2,1H3,(H,23,25);1H. The summed E-state index contributed by atoms with van der Waals surface area (Å²) in [7, 11) is 1.75. The average Bonchev–Trinajstić information content (AvgIpc) is 3.20. The van der Waals surface area contributed by atoms with Gasteiger partial charge in [0.25, 0.3) is 5.91 Å². The van der Waals surface area contributed by atoms with Gasteiger partial charge in [-0.2, -0.15) is 0 Å². The molecule has 6 heteroatoms. The van der Waals surface area contributed by atoms with E-state index in [9.17, 15) is 9.59 Å². The molecule has 0 saturated carbocycles. The number of halogens is 1. The second-order valence-electron chi connectivity index (χ2n) is 6.73. The van der Waals surface area contributed by atoms with Gasteiger partial charge in [-0.1, -0.05) is 24.3 Å². The number of carbonyl (C=O) groups excluding carboxylic acids is 2. The molecule has 0 bridgehead atoms. The minimum atomic E-state index is -0.107. The molecule has 27 heavy (non-hydrogen) atoms. The Kier molecular flexibility index (Phi) is 7.82. The van der Waals surface area contributed by atoms with Crippen molar-refractivity contribution >= 4 is 35.6 Å². The molecule has 2 aromatic carbocycles. The second kappa shape index (κ2) is 10.1. The second-order valence-corrected chi connectivity index (χ2v) is 6.73. The summed E-state index contributed by atoms with van der Waals surface area (Å²) < 4.78 is 0. The van der Waals surface area contributed by atoms with Crippen LogP contribution < -0.4 is 15.5 Å². The summed E-state index contributed by atoms with van der Waals surface area (Å²) in [5.74, 6) is 0.482. The van der Waals surface area contributed by atoms with Gasteiger partial charge in [-0.15, -0.1) is 12.4 Å². The number of carbonyl (C=O) groups is 2. The smallest absolute Gasteiger partial charge is 0.258 e. The van der Waals surface area contributed by atoms with Crippen LogP contribution in [-0.4, -0.2) is 32.0 Å². The van der Waals surface area contributed by atoms with Crippen LogP contribution in [0.15, 0.2) is 54.6 Å². The van der Waals surface area contributed by atoms with Crippen LogP contribution in [0.2, 0.25) is 0 Å². The van der Waals surface area contributed by atoms with E-state index in [4.69, 9.17) is 0 Å². The molecule has 3 rings (SSSR count). The monoisotopic (exact) mass is 387 g/mol. The number of para-hydroxylation sites is 1. The van der Waals surface area contributed by atoms with Crippen LogP contribution in [0.25, 0.3) is 0 Å². The van der Waals surface area contributed by atoms with Crippen molar-refractivity contribution in [2.24, 2.45) is 5.92 Å². The maximum Gasteiger partial charge on any atom is 0.258 e. The van der Waals surface area contributed by atoms with E-state index in [1.54, 1.807) is 30.1 Å². The van der Waals surface area contributed by atoms with Crippen LogP contribution in [0.1, 0.15) is 29.6 Å². The zero-order chi connectivity index (χ0) is 18.4. The molecule has 5 nitrogen and oxygen atoms in total. The van der Waals surface area contributed by atoms with Crippen molar-refractivity contribution in [2.45, 2.75) is 19.3 Å². The van der Waals surface area contributed by atoms with Gasteiger partial charge in [0.05, 0.1) is 0 Å². The Morgan fingerprint density at radius 1 is 1.15 bits per heavy atom.